The SMILES string of the molecule is c1ccc(-c2cc(-c3ccc(-c4ccc(-c5nc(-c6ccncc6)nc(-c6ccncc6)n5)c5ccccc45)cc3)nc3ccc4ccccc4c23)cc1. The van der Waals surface area contributed by atoms with Gasteiger partial charge in [-0.2, -0.15) is 0 Å². The van der Waals surface area contributed by atoms with E-state index in [9.17, 15) is 0 Å². The van der Waals surface area contributed by atoms with Crippen molar-refractivity contribution in [2.24, 2.45) is 0 Å². The van der Waals surface area contributed by atoms with Crippen LogP contribution in [0.1, 0.15) is 0 Å². The molecule has 6 aromatic carbocycles. The van der Waals surface area contributed by atoms with E-state index in [-0.39, 0.29) is 0 Å². The van der Waals surface area contributed by atoms with Gasteiger partial charge in [-0.15, -0.1) is 0 Å². The standard InChI is InChI=1S/C48H30N6/c1-2-8-31(9-3-1)42-30-44(51-43-21-18-32-10-4-5-11-38(32)45(42)43)34-16-14-33(15-17-34)37-19-20-41(40-13-7-6-12-39(37)40)48-53-46(35-22-26-49-27-23-35)52-47(54-48)36-24-28-50-29-25-36/h1-30H. The summed E-state index contributed by atoms with van der Waals surface area (Å²) in [5.41, 5.74) is 10.2. The number of hydrogen-bond donors (Lipinski definition) is 0. The second-order valence-electron chi connectivity index (χ2n) is 13.2. The molecule has 4 heterocycles. The summed E-state index contributed by atoms with van der Waals surface area (Å²) in [5, 5.41) is 5.75. The predicted molar refractivity (Wildman–Crippen MR) is 218 cm³/mol. The number of aromatic nitrogens is 6. The van der Waals surface area contributed by atoms with Crippen molar-refractivity contribution >= 4 is 32.4 Å². The molecule has 252 valence electrons. The Hall–Kier alpha value is -7.44. The summed E-state index contributed by atoms with van der Waals surface area (Å²) in [7, 11) is 0. The molecule has 0 amide bonds. The predicted octanol–water partition coefficient (Wildman–Crippen LogP) is 11.5. The maximum absolute atomic E-state index is 5.21. The Labute approximate surface area is 311 Å². The van der Waals surface area contributed by atoms with Gasteiger partial charge in [0.2, 0.25) is 0 Å². The molecule has 0 radical (unpaired) electrons. The van der Waals surface area contributed by atoms with Crippen LogP contribution in [0.5, 0.6) is 0 Å². The van der Waals surface area contributed by atoms with Gasteiger partial charge in [0.1, 0.15) is 0 Å². The molecule has 0 saturated carbocycles. The van der Waals surface area contributed by atoms with E-state index in [1.165, 1.54) is 27.3 Å². The number of rotatable bonds is 6. The van der Waals surface area contributed by atoms with E-state index in [4.69, 9.17) is 19.9 Å². The molecule has 0 bridgehead atoms. The van der Waals surface area contributed by atoms with Gasteiger partial charge in [0.05, 0.1) is 11.2 Å². The molecule has 6 nitrogen and oxygen atoms in total. The van der Waals surface area contributed by atoms with Gasteiger partial charge in [-0.05, 0) is 86.3 Å². The highest BCUT2D eigenvalue weighted by Crippen LogP contribution is 2.39. The highest BCUT2D eigenvalue weighted by molar-refractivity contribution is 6.14. The maximum Gasteiger partial charge on any atom is 0.164 e. The molecule has 54 heavy (non-hydrogen) atoms. The van der Waals surface area contributed by atoms with Crippen molar-refractivity contribution in [3.8, 4) is 67.7 Å². The van der Waals surface area contributed by atoms with E-state index in [2.05, 4.69) is 143 Å². The van der Waals surface area contributed by atoms with Crippen molar-refractivity contribution in [1.29, 1.82) is 0 Å². The second-order valence-corrected chi connectivity index (χ2v) is 13.2. The van der Waals surface area contributed by atoms with Crippen molar-refractivity contribution in [1.82, 2.24) is 29.9 Å². The van der Waals surface area contributed by atoms with Gasteiger partial charge >= 0.3 is 0 Å². The minimum atomic E-state index is 0.587. The molecular formula is C48H30N6. The van der Waals surface area contributed by atoms with Crippen LogP contribution in [0.2, 0.25) is 0 Å². The molecule has 10 aromatic rings. The molecule has 0 unspecified atom stereocenters. The van der Waals surface area contributed by atoms with E-state index in [1.807, 2.05) is 24.3 Å². The van der Waals surface area contributed by atoms with Crippen LogP contribution < -0.4 is 0 Å². The average Bonchev–Trinajstić information content (AvgIpc) is 3.26. The molecule has 0 aliphatic carbocycles. The topological polar surface area (TPSA) is 77.3 Å². The van der Waals surface area contributed by atoms with Gasteiger partial charge in [0.25, 0.3) is 0 Å². The lowest BCUT2D eigenvalue weighted by molar-refractivity contribution is 1.07. The minimum Gasteiger partial charge on any atom is -0.265 e. The molecule has 0 atom stereocenters. The van der Waals surface area contributed by atoms with E-state index in [0.29, 0.717) is 17.5 Å². The van der Waals surface area contributed by atoms with Gasteiger partial charge in [-0.1, -0.05) is 115 Å². The summed E-state index contributed by atoms with van der Waals surface area (Å²) in [5.74, 6) is 1.78. The van der Waals surface area contributed by atoms with Crippen LogP contribution in [0.4, 0.5) is 0 Å². The first-order chi connectivity index (χ1) is 26.8. The zero-order valence-electron chi connectivity index (χ0n) is 29.0. The van der Waals surface area contributed by atoms with Gasteiger partial charge in [-0.25, -0.2) is 19.9 Å². The molecule has 0 N–H and O–H groups in total. The maximum atomic E-state index is 5.21. The monoisotopic (exact) mass is 690 g/mol. The van der Waals surface area contributed by atoms with Crippen molar-refractivity contribution in [3.05, 3.63) is 183 Å². The zero-order valence-corrected chi connectivity index (χ0v) is 29.0. The Morgan fingerprint density at radius 1 is 0.315 bits per heavy atom. The van der Waals surface area contributed by atoms with Crippen LogP contribution in [0.3, 0.4) is 0 Å². The summed E-state index contributed by atoms with van der Waals surface area (Å²) in [6, 6.07) is 54.8. The van der Waals surface area contributed by atoms with Gasteiger partial charge in [0.15, 0.2) is 17.5 Å². The molecule has 6 heteroatoms. The first-order valence-electron chi connectivity index (χ1n) is 17.8. The molecule has 0 aliphatic heterocycles. The molecule has 0 saturated heterocycles. The van der Waals surface area contributed by atoms with Crippen LogP contribution >= 0.6 is 0 Å². The minimum absolute atomic E-state index is 0.587. The van der Waals surface area contributed by atoms with Gasteiger partial charge in [-0.3, -0.25) is 9.97 Å². The summed E-state index contributed by atoms with van der Waals surface area (Å²) in [6.07, 6.45) is 7.00. The van der Waals surface area contributed by atoms with Crippen LogP contribution in [0.15, 0.2) is 183 Å². The number of fused-ring (bicyclic) bond motifs is 4. The molecular weight excluding hydrogens is 661 g/mol. The van der Waals surface area contributed by atoms with Crippen LogP contribution in [-0.4, -0.2) is 29.9 Å². The Morgan fingerprint density at radius 3 is 1.54 bits per heavy atom. The molecule has 10 rings (SSSR count). The third-order valence-corrected chi connectivity index (χ3v) is 9.95. The summed E-state index contributed by atoms with van der Waals surface area (Å²) in [6.45, 7) is 0. The van der Waals surface area contributed by atoms with Gasteiger partial charge in [0, 0.05) is 52.4 Å². The van der Waals surface area contributed by atoms with Crippen molar-refractivity contribution in [2.45, 2.75) is 0 Å². The number of hydrogen-bond acceptors (Lipinski definition) is 6. The normalized spacial score (nSPS) is 11.3. The lowest BCUT2D eigenvalue weighted by atomic mass is 9.93. The Balaban J connectivity index is 1.07. The third-order valence-electron chi connectivity index (χ3n) is 9.95. The second kappa shape index (κ2) is 13.3. The summed E-state index contributed by atoms with van der Waals surface area (Å²) < 4.78 is 0. The third kappa shape index (κ3) is 5.63. The van der Waals surface area contributed by atoms with Gasteiger partial charge < -0.3 is 0 Å². The lowest BCUT2D eigenvalue weighted by Crippen LogP contribution is -2.01. The fourth-order valence-electron chi connectivity index (χ4n) is 7.32. The highest BCUT2D eigenvalue weighted by atomic mass is 15.0. The van der Waals surface area contributed by atoms with Crippen LogP contribution in [-0.2, 0) is 0 Å². The Bertz CT molecular complexity index is 2910. The zero-order chi connectivity index (χ0) is 35.8. The summed E-state index contributed by atoms with van der Waals surface area (Å²) in [4.78, 5) is 28.4. The van der Waals surface area contributed by atoms with Crippen molar-refractivity contribution in [3.63, 3.8) is 0 Å². The van der Waals surface area contributed by atoms with Crippen molar-refractivity contribution < 1.29 is 0 Å². The molecule has 4 aromatic heterocycles. The van der Waals surface area contributed by atoms with E-state index >= 15 is 0 Å². The van der Waals surface area contributed by atoms with Crippen LogP contribution in [0, 0.1) is 0 Å². The quantitative estimate of drug-likeness (QED) is 0.162. The Morgan fingerprint density at radius 2 is 0.852 bits per heavy atom. The molecule has 0 spiro atoms. The number of benzene rings is 6. The van der Waals surface area contributed by atoms with Crippen LogP contribution in [0.25, 0.3) is 100 Å². The van der Waals surface area contributed by atoms with E-state index < -0.39 is 0 Å². The Kier molecular flexibility index (Phi) is 7.69. The lowest BCUT2D eigenvalue weighted by Gasteiger charge is -2.14. The molecule has 0 fully saturated rings. The van der Waals surface area contributed by atoms with E-state index in [1.54, 1.807) is 24.8 Å². The molecule has 0 aliphatic rings. The smallest absolute Gasteiger partial charge is 0.164 e. The largest absolute Gasteiger partial charge is 0.265 e. The first-order valence-corrected chi connectivity index (χ1v) is 17.8. The van der Waals surface area contributed by atoms with E-state index in [0.717, 1.165) is 55.4 Å². The summed E-state index contributed by atoms with van der Waals surface area (Å²) >= 11 is 0. The first kappa shape index (κ1) is 31.3. The fourth-order valence-corrected chi connectivity index (χ4v) is 7.32. The number of pyridine rings is 3. The highest BCUT2D eigenvalue weighted by Gasteiger charge is 2.17. The van der Waals surface area contributed by atoms with Crippen molar-refractivity contribution in [2.75, 3.05) is 0 Å². The average molecular weight is 691 g/mol. The number of nitrogens with zero attached hydrogens (tertiary/aromatic N) is 6. The fraction of sp³-hybridized carbons (Fsp3) is 0.